The van der Waals surface area contributed by atoms with Crippen LogP contribution in [-0.2, 0) is 6.54 Å². The lowest BCUT2D eigenvalue weighted by Crippen LogP contribution is -2.31. The Morgan fingerprint density at radius 1 is 1.32 bits per heavy atom. The molecular weight excluding hydrogens is 253 g/mol. The topological polar surface area (TPSA) is 29.3 Å². The molecular formula is C14H17F3N2. The number of anilines is 1. The molecule has 0 radical (unpaired) electrons. The third-order valence-corrected chi connectivity index (χ3v) is 3.35. The molecule has 1 heterocycles. The number of rotatable bonds is 2. The van der Waals surface area contributed by atoms with E-state index in [1.165, 1.54) is 6.08 Å². The van der Waals surface area contributed by atoms with Crippen LogP contribution in [0, 0.1) is 6.92 Å². The fraction of sp³-hybridized carbons (Fsp3) is 0.429. The van der Waals surface area contributed by atoms with E-state index in [2.05, 4.69) is 0 Å². The Kier molecular flexibility index (Phi) is 3.85. The molecule has 1 aromatic carbocycles. The van der Waals surface area contributed by atoms with Crippen molar-refractivity contribution in [1.82, 2.24) is 4.90 Å². The lowest BCUT2D eigenvalue weighted by atomic mass is 10.1. The van der Waals surface area contributed by atoms with Crippen molar-refractivity contribution in [3.63, 3.8) is 0 Å². The van der Waals surface area contributed by atoms with E-state index >= 15 is 0 Å². The molecule has 19 heavy (non-hydrogen) atoms. The Balaban J connectivity index is 2.03. The zero-order valence-electron chi connectivity index (χ0n) is 10.8. The van der Waals surface area contributed by atoms with Gasteiger partial charge < -0.3 is 5.73 Å². The number of nitrogens with two attached hydrogens (primary N) is 1. The largest absolute Gasteiger partial charge is 0.412 e. The Morgan fingerprint density at radius 3 is 2.63 bits per heavy atom. The number of hydrogen-bond donors (Lipinski definition) is 1. The van der Waals surface area contributed by atoms with Gasteiger partial charge >= 0.3 is 6.18 Å². The van der Waals surface area contributed by atoms with Crippen LogP contribution in [0.2, 0.25) is 0 Å². The molecule has 0 saturated heterocycles. The van der Waals surface area contributed by atoms with Crippen molar-refractivity contribution in [3.8, 4) is 0 Å². The van der Waals surface area contributed by atoms with Gasteiger partial charge in [-0.1, -0.05) is 23.8 Å². The molecule has 0 atom stereocenters. The van der Waals surface area contributed by atoms with Crippen LogP contribution in [-0.4, -0.2) is 24.2 Å². The highest BCUT2D eigenvalue weighted by Crippen LogP contribution is 2.30. The van der Waals surface area contributed by atoms with E-state index in [-0.39, 0.29) is 6.42 Å². The number of hydrogen-bond acceptors (Lipinski definition) is 2. The summed E-state index contributed by atoms with van der Waals surface area (Å²) in [5.41, 5.74) is 8.24. The first-order chi connectivity index (χ1) is 8.86. The Morgan fingerprint density at radius 2 is 2.05 bits per heavy atom. The van der Waals surface area contributed by atoms with Crippen LogP contribution < -0.4 is 5.73 Å². The number of nitrogens with zero attached hydrogens (tertiary/aromatic N) is 1. The highest BCUT2D eigenvalue weighted by Gasteiger charge is 2.34. The van der Waals surface area contributed by atoms with Crippen LogP contribution in [0.3, 0.4) is 0 Å². The van der Waals surface area contributed by atoms with E-state index in [9.17, 15) is 13.2 Å². The molecule has 0 bridgehead atoms. The molecule has 104 valence electrons. The fourth-order valence-electron chi connectivity index (χ4n) is 2.22. The van der Waals surface area contributed by atoms with Crippen LogP contribution in [0.4, 0.5) is 18.9 Å². The molecule has 0 spiro atoms. The summed E-state index contributed by atoms with van der Waals surface area (Å²) in [5.74, 6) is 0. The fourth-order valence-corrected chi connectivity index (χ4v) is 2.22. The average Bonchev–Trinajstić information content (AvgIpc) is 2.33. The quantitative estimate of drug-likeness (QED) is 0.660. The molecule has 2 N–H and O–H groups in total. The molecule has 5 heteroatoms. The number of aryl methyl sites for hydroxylation is 1. The number of alkyl halides is 3. The van der Waals surface area contributed by atoms with Crippen molar-refractivity contribution >= 4 is 5.69 Å². The Hall–Kier alpha value is -1.49. The van der Waals surface area contributed by atoms with Crippen molar-refractivity contribution in [1.29, 1.82) is 0 Å². The molecule has 2 rings (SSSR count). The SMILES string of the molecule is Cc1ccc(N)c(CN2CC=C(C(F)(F)F)CC2)c1. The summed E-state index contributed by atoms with van der Waals surface area (Å²) in [5, 5.41) is 0. The van der Waals surface area contributed by atoms with Gasteiger partial charge in [0.1, 0.15) is 0 Å². The van der Waals surface area contributed by atoms with Gasteiger partial charge in [-0.25, -0.2) is 0 Å². The van der Waals surface area contributed by atoms with Gasteiger partial charge in [0.25, 0.3) is 0 Å². The smallest absolute Gasteiger partial charge is 0.398 e. The second-order valence-electron chi connectivity index (χ2n) is 4.91. The van der Waals surface area contributed by atoms with Gasteiger partial charge in [0, 0.05) is 30.9 Å². The number of halogens is 3. The summed E-state index contributed by atoms with van der Waals surface area (Å²) in [6.07, 6.45) is -2.86. The minimum Gasteiger partial charge on any atom is -0.398 e. The summed E-state index contributed by atoms with van der Waals surface area (Å²) in [4.78, 5) is 1.97. The van der Waals surface area contributed by atoms with Crippen molar-refractivity contribution < 1.29 is 13.2 Å². The number of nitrogen functional groups attached to an aromatic ring is 1. The zero-order valence-corrected chi connectivity index (χ0v) is 10.8. The molecule has 0 saturated carbocycles. The van der Waals surface area contributed by atoms with Gasteiger partial charge in [-0.05, 0) is 25.0 Å². The lowest BCUT2D eigenvalue weighted by Gasteiger charge is -2.27. The normalized spacial score (nSPS) is 17.4. The minimum atomic E-state index is -4.19. The number of benzene rings is 1. The van der Waals surface area contributed by atoms with Crippen molar-refractivity contribution in [2.24, 2.45) is 0 Å². The van der Waals surface area contributed by atoms with Crippen LogP contribution in [0.25, 0.3) is 0 Å². The van der Waals surface area contributed by atoms with E-state index in [0.29, 0.717) is 25.3 Å². The maximum Gasteiger partial charge on any atom is 0.412 e. The van der Waals surface area contributed by atoms with Crippen molar-refractivity contribution in [2.75, 3.05) is 18.8 Å². The first kappa shape index (κ1) is 13.9. The second-order valence-corrected chi connectivity index (χ2v) is 4.91. The summed E-state index contributed by atoms with van der Waals surface area (Å²) >= 11 is 0. The lowest BCUT2D eigenvalue weighted by molar-refractivity contribution is -0.0960. The molecule has 2 nitrogen and oxygen atoms in total. The molecule has 0 aliphatic carbocycles. The Bertz CT molecular complexity index is 492. The molecule has 0 unspecified atom stereocenters. The first-order valence-corrected chi connectivity index (χ1v) is 6.20. The monoisotopic (exact) mass is 270 g/mol. The molecule has 1 aliphatic heterocycles. The molecule has 1 aromatic rings. The highest BCUT2D eigenvalue weighted by molar-refractivity contribution is 5.48. The van der Waals surface area contributed by atoms with Crippen LogP contribution in [0.1, 0.15) is 17.5 Å². The predicted molar refractivity (Wildman–Crippen MR) is 69.6 cm³/mol. The van der Waals surface area contributed by atoms with Gasteiger partial charge in [0.2, 0.25) is 0 Å². The van der Waals surface area contributed by atoms with E-state index < -0.39 is 11.7 Å². The second kappa shape index (κ2) is 5.25. The van der Waals surface area contributed by atoms with E-state index in [1.54, 1.807) is 0 Å². The molecule has 0 aromatic heterocycles. The summed E-state index contributed by atoms with van der Waals surface area (Å²) < 4.78 is 37.5. The third-order valence-electron chi connectivity index (χ3n) is 3.35. The predicted octanol–water partition coefficient (Wildman–Crippen LogP) is 3.27. The summed E-state index contributed by atoms with van der Waals surface area (Å²) in [6.45, 7) is 3.30. The molecule has 0 fully saturated rings. The van der Waals surface area contributed by atoms with Crippen molar-refractivity contribution in [2.45, 2.75) is 26.1 Å². The Labute approximate surface area is 110 Å². The van der Waals surface area contributed by atoms with E-state index in [4.69, 9.17) is 5.73 Å². The van der Waals surface area contributed by atoms with Crippen LogP contribution in [0.5, 0.6) is 0 Å². The first-order valence-electron chi connectivity index (χ1n) is 6.20. The highest BCUT2D eigenvalue weighted by atomic mass is 19.4. The van der Waals surface area contributed by atoms with Gasteiger partial charge in [-0.2, -0.15) is 13.2 Å². The van der Waals surface area contributed by atoms with E-state index in [1.807, 2.05) is 30.0 Å². The molecule has 1 aliphatic rings. The van der Waals surface area contributed by atoms with Gasteiger partial charge in [0.05, 0.1) is 0 Å². The van der Waals surface area contributed by atoms with Crippen LogP contribution >= 0.6 is 0 Å². The molecule has 0 amide bonds. The minimum absolute atomic E-state index is 0.0508. The van der Waals surface area contributed by atoms with Gasteiger partial charge in [0.15, 0.2) is 0 Å². The zero-order chi connectivity index (χ0) is 14.0. The average molecular weight is 270 g/mol. The van der Waals surface area contributed by atoms with Crippen LogP contribution in [0.15, 0.2) is 29.8 Å². The summed E-state index contributed by atoms with van der Waals surface area (Å²) in [6, 6.07) is 5.75. The van der Waals surface area contributed by atoms with Gasteiger partial charge in [-0.15, -0.1) is 0 Å². The van der Waals surface area contributed by atoms with Gasteiger partial charge in [-0.3, -0.25) is 4.90 Å². The standard InChI is InChI=1S/C14H17F3N2/c1-10-2-3-13(18)11(8-10)9-19-6-4-12(5-7-19)14(15,16)17/h2-4,8H,5-7,9,18H2,1H3. The van der Waals surface area contributed by atoms with Crippen molar-refractivity contribution in [3.05, 3.63) is 41.0 Å². The third kappa shape index (κ3) is 3.50. The summed E-state index contributed by atoms with van der Waals surface area (Å²) in [7, 11) is 0. The van der Waals surface area contributed by atoms with E-state index in [0.717, 1.165) is 11.1 Å². The maximum absolute atomic E-state index is 12.5. The maximum atomic E-state index is 12.5.